The van der Waals surface area contributed by atoms with E-state index in [0.29, 0.717) is 0 Å². The highest BCUT2D eigenvalue weighted by molar-refractivity contribution is 6.15. The second kappa shape index (κ2) is 34.9. The molecule has 146 heavy (non-hydrogen) atoms. The summed E-state index contributed by atoms with van der Waals surface area (Å²) in [6.07, 6.45) is -29.0. The van der Waals surface area contributed by atoms with Gasteiger partial charge in [-0.1, -0.05) is 0 Å². The van der Waals surface area contributed by atoms with Crippen LogP contribution in [-0.4, -0.2) is 307 Å². The average Bonchev–Trinajstić information content (AvgIpc) is 0.719. The molecule has 57 nitrogen and oxygen atoms in total. The highest BCUT2D eigenvalue weighted by Crippen LogP contribution is 2.64. The first-order valence-corrected chi connectivity index (χ1v) is 40.1. The number of hydrogen-bond donors (Lipinski definition) is 34. The molecule has 0 amide bonds. The molecule has 5 aliphatic heterocycles. The molecular weight excluding hydrogens is 1980 g/mol. The van der Waals surface area contributed by atoms with E-state index in [2.05, 4.69) is 0 Å². The van der Waals surface area contributed by atoms with Crippen LogP contribution in [0.15, 0.2) is 66.7 Å². The summed E-state index contributed by atoms with van der Waals surface area (Å²) in [4.78, 5) is 184. The van der Waals surface area contributed by atoms with Gasteiger partial charge < -0.3 is 226 Å². The van der Waals surface area contributed by atoms with Crippen molar-refractivity contribution in [3.05, 3.63) is 139 Å². The van der Waals surface area contributed by atoms with Crippen molar-refractivity contribution >= 4 is 71.6 Å². The molecule has 11 aromatic rings. The van der Waals surface area contributed by atoms with E-state index in [0.717, 1.165) is 0 Å². The van der Waals surface area contributed by atoms with Crippen LogP contribution in [0.25, 0.3) is 44.5 Å². The van der Waals surface area contributed by atoms with E-state index in [-0.39, 0.29) is 66.7 Å². The number of fused-ring (bicyclic) bond motifs is 13. The number of cyclic esters (lactones) is 7. The lowest BCUT2D eigenvalue weighted by Crippen LogP contribution is -2.56. The fourth-order valence-electron chi connectivity index (χ4n) is 16.6. The first kappa shape index (κ1) is 97.5. The molecule has 9 atom stereocenters. The molecule has 1 unspecified atom stereocenters. The maximum Gasteiger partial charge on any atom is 0.349 e. The fraction of sp³-hybridized carbons (Fsp3) is 0.124. The van der Waals surface area contributed by atoms with E-state index in [1.54, 1.807) is 0 Å². The summed E-state index contributed by atoms with van der Waals surface area (Å²) in [5.41, 5.74) is -34.3. The number of aromatic carboxylic acids is 1. The Bertz CT molecular complexity index is 7770. The summed E-state index contributed by atoms with van der Waals surface area (Å²) in [5, 5.41) is 388. The van der Waals surface area contributed by atoms with Gasteiger partial charge in [0.2, 0.25) is 69.3 Å². The zero-order chi connectivity index (χ0) is 107. The molecule has 0 fully saturated rings. The standard InChI is InChI=1S/C89H58O57/c90-24-1-14(2-25(91)49(24)100)80(126)139-35-12-136-81(127)15-3-26(92)50(101)59(110)37(15)38-16(4-27(93)51(102)60(38)111)84(130)141-72(35)75-74-47(46-48(89(135)143-74)45(67(118)69(120)68(46)119)43-20(87(133)144-75)8-31(97)55(106)64(43)115)44-21(9-32(98)56(107)65(44)116)83(129)140-36-13-137-82(128)22-11-34(138-71-23(78(122)123)10-33(99)57(108)70(71)121)58(109)66(117)42(22)41-17(5-28(94)54(105)63(41)114)85(131)142-73(36)76-77(79(124)125)146-88(134)19-7-30(96)53(104)62(113)40(19)39-18(86(132)145-76)6-29(95)52(103)61(39)112/h1-11,35-36,47,72-77,90-121H,12-13H2,(H,122,123)(H,124,125)/t35-,36-,47+,72-,73-,74+,75?,76+,77-/m1/s1. The first-order valence-electron chi connectivity index (χ1n) is 40.1. The van der Waals surface area contributed by atoms with E-state index >= 15 is 38.4 Å². The van der Waals surface area contributed by atoms with Gasteiger partial charge >= 0.3 is 71.6 Å². The Hall–Kier alpha value is -21.5. The van der Waals surface area contributed by atoms with Gasteiger partial charge in [-0.25, -0.2) is 57.5 Å². The monoisotopic (exact) mass is 2040 g/mol. The summed E-state index contributed by atoms with van der Waals surface area (Å²) >= 11 is 0. The van der Waals surface area contributed by atoms with Crippen molar-refractivity contribution in [2.75, 3.05) is 13.2 Å². The molecule has 57 heteroatoms. The van der Waals surface area contributed by atoms with E-state index in [1.165, 1.54) is 0 Å². The largest absolute Gasteiger partial charge is 0.504 e. The number of phenolic OH excluding ortho intramolecular Hbond substituents is 32. The molecule has 11 aromatic carbocycles. The van der Waals surface area contributed by atoms with E-state index in [9.17, 15) is 193 Å². The summed E-state index contributed by atoms with van der Waals surface area (Å²) in [5.74, 6) is -93.0. The molecule has 2 bridgehead atoms. The van der Waals surface area contributed by atoms with Crippen LogP contribution in [0.2, 0.25) is 0 Å². The third-order valence-corrected chi connectivity index (χ3v) is 23.4. The molecule has 0 radical (unpaired) electrons. The zero-order valence-corrected chi connectivity index (χ0v) is 71.1. The topological polar surface area (TPSA) is 994 Å². The van der Waals surface area contributed by atoms with Crippen molar-refractivity contribution in [3.8, 4) is 240 Å². The number of esters is 10. The first-order chi connectivity index (χ1) is 68.5. The molecule has 0 aromatic heterocycles. The highest BCUT2D eigenvalue weighted by Gasteiger charge is 2.59. The minimum atomic E-state index is -3.78. The molecule has 5 aliphatic rings. The number of phenols is 32. The van der Waals surface area contributed by atoms with Crippen LogP contribution in [0.3, 0.4) is 0 Å². The van der Waals surface area contributed by atoms with Gasteiger partial charge in [-0.15, -0.1) is 0 Å². The lowest BCUT2D eigenvalue weighted by molar-refractivity contribution is -0.167. The van der Waals surface area contributed by atoms with Crippen molar-refractivity contribution in [2.24, 2.45) is 0 Å². The minimum absolute atomic E-state index is 0.0331. The van der Waals surface area contributed by atoms with Crippen molar-refractivity contribution < 1.29 is 283 Å². The van der Waals surface area contributed by atoms with Crippen LogP contribution in [0.1, 0.15) is 131 Å². The van der Waals surface area contributed by atoms with Crippen molar-refractivity contribution in [1.82, 2.24) is 0 Å². The van der Waals surface area contributed by atoms with Gasteiger partial charge in [0.25, 0.3) is 0 Å². The predicted molar refractivity (Wildman–Crippen MR) is 451 cm³/mol. The van der Waals surface area contributed by atoms with Crippen LogP contribution >= 0.6 is 0 Å². The van der Waals surface area contributed by atoms with Crippen molar-refractivity contribution in [2.45, 2.75) is 54.7 Å². The normalized spacial score (nSPS) is 18.5. The summed E-state index contributed by atoms with van der Waals surface area (Å²) in [6.45, 7) is -4.39. The maximum atomic E-state index is 16.8. The third kappa shape index (κ3) is 15.2. The van der Waals surface area contributed by atoms with E-state index in [1.807, 2.05) is 0 Å². The number of aromatic hydroxyl groups is 32. The van der Waals surface area contributed by atoms with Gasteiger partial charge in [0, 0.05) is 67.8 Å². The Morgan fingerprint density at radius 2 is 0.541 bits per heavy atom. The number of carboxylic acid groups (broad SMARTS) is 2. The minimum Gasteiger partial charge on any atom is -0.504 e. The van der Waals surface area contributed by atoms with E-state index < -0.39 is 452 Å². The number of hydrogen-bond acceptors (Lipinski definition) is 55. The molecule has 756 valence electrons. The maximum absolute atomic E-state index is 16.8. The van der Waals surface area contributed by atoms with Crippen LogP contribution in [-0.2, 0) is 52.2 Å². The Morgan fingerprint density at radius 3 is 0.938 bits per heavy atom. The summed E-state index contributed by atoms with van der Waals surface area (Å²) in [7, 11) is 0. The molecule has 0 aliphatic carbocycles. The summed E-state index contributed by atoms with van der Waals surface area (Å²) < 4.78 is 62.9. The SMILES string of the molecule is O=C(O[C@@H]1COC(=O)c2cc(O)c(O)c(O)c2-c2c(cc(O)c(O)c2O)C(=O)O[C@H]1C1OC(=O)c2cc(O)c(O)c(O)c2-c2c(O)c(O)c(O)c3c2C(=O)O[C@H]1[C@H]3c1c(C(=O)O[C@@H]2COC(=O)c3cc(Oc4c(C(=O)O)cc(O)c(O)c4O)c(O)c(O)c3-c3c(cc(O)c(O)c3O)C(=O)O[C@H]2[C@@H]2OC(=O)c3cc(O)c(O)c(O)c3-c3c(cc(O)c(O)c3O)C(=O)O[C@H]2C(=O)O)cc(O)c(O)c1O)c1cc(O)c(O)c(O)c1. The molecule has 0 saturated heterocycles. The second-order valence-corrected chi connectivity index (χ2v) is 31.7. The molecular formula is C89H58O57. The van der Waals surface area contributed by atoms with Crippen LogP contribution in [0.5, 0.6) is 195 Å². The molecule has 5 heterocycles. The third-order valence-electron chi connectivity index (χ3n) is 23.4. The van der Waals surface area contributed by atoms with Gasteiger partial charge in [-0.05, 0) is 54.6 Å². The quantitative estimate of drug-likeness (QED) is 0.0494. The Labute approximate surface area is 799 Å². The second-order valence-electron chi connectivity index (χ2n) is 31.7. The smallest absolute Gasteiger partial charge is 0.349 e. The number of rotatable bonds is 11. The van der Waals surface area contributed by atoms with Gasteiger partial charge in [-0.2, -0.15) is 0 Å². The van der Waals surface area contributed by atoms with Crippen LogP contribution in [0, 0.1) is 0 Å². The van der Waals surface area contributed by atoms with E-state index in [4.69, 9.17) is 52.1 Å². The summed E-state index contributed by atoms with van der Waals surface area (Å²) in [6, 6.07) is 0.961. The Kier molecular flexibility index (Phi) is 23.3. The van der Waals surface area contributed by atoms with Gasteiger partial charge in [0.1, 0.15) is 18.8 Å². The fourth-order valence-corrected chi connectivity index (χ4v) is 16.6. The van der Waals surface area contributed by atoms with Gasteiger partial charge in [-0.3, -0.25) is 0 Å². The number of carbonyl (C=O) groups excluding carboxylic acids is 10. The lowest BCUT2D eigenvalue weighted by Gasteiger charge is -2.43. The molecule has 34 N–H and O–H groups in total. The molecule has 0 spiro atoms. The average molecular weight is 2040 g/mol. The zero-order valence-electron chi connectivity index (χ0n) is 71.1. The Balaban J connectivity index is 0.981. The van der Waals surface area contributed by atoms with Crippen LogP contribution < -0.4 is 4.74 Å². The number of carbonyl (C=O) groups is 12. The number of carboxylic acids is 2. The van der Waals surface area contributed by atoms with Crippen molar-refractivity contribution in [3.63, 3.8) is 0 Å². The number of aliphatic carboxylic acids is 1. The predicted octanol–water partition coefficient (Wildman–Crippen LogP) is 4.03. The Morgan fingerprint density at radius 1 is 0.247 bits per heavy atom. The molecule has 16 rings (SSSR count). The molecule has 0 saturated carbocycles. The highest BCUT2D eigenvalue weighted by atomic mass is 16.7. The number of benzene rings is 11. The van der Waals surface area contributed by atoms with Crippen molar-refractivity contribution in [1.29, 1.82) is 0 Å². The van der Waals surface area contributed by atoms with Crippen LogP contribution in [0.4, 0.5) is 0 Å². The van der Waals surface area contributed by atoms with Gasteiger partial charge in [0.15, 0.2) is 175 Å². The number of ether oxygens (including phenoxy) is 11. The van der Waals surface area contributed by atoms with Gasteiger partial charge in [0.05, 0.1) is 61.6 Å². The lowest BCUT2D eigenvalue weighted by atomic mass is 9.73.